The van der Waals surface area contributed by atoms with Gasteiger partial charge in [-0.05, 0) is 87.8 Å². The van der Waals surface area contributed by atoms with E-state index in [0.29, 0.717) is 37.9 Å². The summed E-state index contributed by atoms with van der Waals surface area (Å²) in [5.74, 6) is -0.765. The van der Waals surface area contributed by atoms with Crippen molar-refractivity contribution in [3.8, 4) is 0 Å². The molecule has 1 aliphatic heterocycles. The number of carboxylic acid groups (broad SMARTS) is 1. The summed E-state index contributed by atoms with van der Waals surface area (Å²) >= 11 is 0. The Kier molecular flexibility index (Phi) is 16.7. The molecule has 2 rings (SSSR count). The Labute approximate surface area is 243 Å². The van der Waals surface area contributed by atoms with Crippen molar-refractivity contribution in [1.82, 2.24) is 4.90 Å². The number of carbonyl (C=O) groups excluding carboxylic acids is 1. The lowest BCUT2D eigenvalue weighted by molar-refractivity contribution is -0.140. The maximum Gasteiger partial charge on any atom is 0.451 e. The highest BCUT2D eigenvalue weighted by Gasteiger charge is 2.36. The SMILES string of the molecule is CCCCCCCCCC(=O)CC1(Cc2ccccc2)CCN(CCCC(CCCB(O)O)C(N)C(=O)O)CC1. The second kappa shape index (κ2) is 19.4. The summed E-state index contributed by atoms with van der Waals surface area (Å²) in [6.45, 7) is 5.02. The quantitative estimate of drug-likeness (QED) is 0.110. The van der Waals surface area contributed by atoms with Gasteiger partial charge < -0.3 is 25.8 Å². The fraction of sp³-hybridized carbons (Fsp3) is 0.750. The summed E-state index contributed by atoms with van der Waals surface area (Å²) in [5, 5.41) is 27.6. The number of nitrogens with two attached hydrogens (primary N) is 1. The van der Waals surface area contributed by atoms with E-state index in [2.05, 4.69) is 36.1 Å². The molecule has 1 fully saturated rings. The Balaban J connectivity index is 1.86. The van der Waals surface area contributed by atoms with Gasteiger partial charge in [-0.25, -0.2) is 0 Å². The zero-order valence-electron chi connectivity index (χ0n) is 24.9. The summed E-state index contributed by atoms with van der Waals surface area (Å²) in [6.07, 6.45) is 15.8. The van der Waals surface area contributed by atoms with E-state index in [1.807, 2.05) is 6.07 Å². The average Bonchev–Trinajstić information content (AvgIpc) is 2.92. The molecular formula is C32H55BN2O5. The third kappa shape index (κ3) is 13.8. The first kappa shape index (κ1) is 34.5. The molecule has 0 radical (unpaired) electrons. The molecule has 1 aromatic carbocycles. The first-order valence-corrected chi connectivity index (χ1v) is 15.9. The highest BCUT2D eigenvalue weighted by molar-refractivity contribution is 6.40. The van der Waals surface area contributed by atoms with Gasteiger partial charge in [0.25, 0.3) is 0 Å². The van der Waals surface area contributed by atoms with Crippen LogP contribution in [0.2, 0.25) is 6.32 Å². The Hall–Kier alpha value is -1.74. The monoisotopic (exact) mass is 558 g/mol. The van der Waals surface area contributed by atoms with Crippen molar-refractivity contribution in [2.24, 2.45) is 17.1 Å². The topological polar surface area (TPSA) is 124 Å². The van der Waals surface area contributed by atoms with Crippen molar-refractivity contribution in [1.29, 1.82) is 0 Å². The second-order valence-electron chi connectivity index (χ2n) is 12.3. The molecule has 1 heterocycles. The predicted octanol–water partition coefficient (Wildman–Crippen LogP) is 5.47. The summed E-state index contributed by atoms with van der Waals surface area (Å²) in [4.78, 5) is 27.0. The third-order valence-electron chi connectivity index (χ3n) is 8.85. The summed E-state index contributed by atoms with van der Waals surface area (Å²) in [5.41, 5.74) is 7.27. The summed E-state index contributed by atoms with van der Waals surface area (Å²) in [7, 11) is -1.37. The number of carboxylic acids is 1. The van der Waals surface area contributed by atoms with Crippen molar-refractivity contribution in [3.05, 3.63) is 35.9 Å². The van der Waals surface area contributed by atoms with Gasteiger partial charge in [0.05, 0.1) is 0 Å². The minimum Gasteiger partial charge on any atom is -0.480 e. The molecular weight excluding hydrogens is 503 g/mol. The number of piperidine rings is 1. The van der Waals surface area contributed by atoms with Gasteiger partial charge in [0.15, 0.2) is 0 Å². The van der Waals surface area contributed by atoms with Crippen LogP contribution >= 0.6 is 0 Å². The number of nitrogens with zero attached hydrogens (tertiary/aromatic N) is 1. The molecule has 0 spiro atoms. The number of benzene rings is 1. The van der Waals surface area contributed by atoms with Gasteiger partial charge in [-0.3, -0.25) is 9.59 Å². The van der Waals surface area contributed by atoms with Crippen LogP contribution in [0.1, 0.15) is 109 Å². The van der Waals surface area contributed by atoms with E-state index >= 15 is 0 Å². The maximum atomic E-state index is 13.1. The minimum atomic E-state index is -1.37. The molecule has 2 unspecified atom stereocenters. The lowest BCUT2D eigenvalue weighted by Gasteiger charge is -2.42. The predicted molar refractivity (Wildman–Crippen MR) is 163 cm³/mol. The molecule has 5 N–H and O–H groups in total. The van der Waals surface area contributed by atoms with Gasteiger partial charge in [0.2, 0.25) is 0 Å². The molecule has 2 atom stereocenters. The van der Waals surface area contributed by atoms with E-state index < -0.39 is 19.1 Å². The zero-order valence-corrected chi connectivity index (χ0v) is 24.9. The van der Waals surface area contributed by atoms with Crippen LogP contribution in [0.15, 0.2) is 30.3 Å². The fourth-order valence-corrected chi connectivity index (χ4v) is 6.33. The average molecular weight is 559 g/mol. The van der Waals surface area contributed by atoms with E-state index in [-0.39, 0.29) is 17.7 Å². The van der Waals surface area contributed by atoms with Gasteiger partial charge in [-0.15, -0.1) is 0 Å². The molecule has 1 saturated heterocycles. The van der Waals surface area contributed by atoms with Gasteiger partial charge in [0, 0.05) is 12.8 Å². The Morgan fingerprint density at radius 1 is 0.950 bits per heavy atom. The van der Waals surface area contributed by atoms with Crippen LogP contribution < -0.4 is 5.73 Å². The van der Waals surface area contributed by atoms with Gasteiger partial charge in [-0.2, -0.15) is 0 Å². The van der Waals surface area contributed by atoms with E-state index in [1.54, 1.807) is 0 Å². The van der Waals surface area contributed by atoms with E-state index in [0.717, 1.165) is 58.2 Å². The number of unbranched alkanes of at least 4 members (excludes halogenated alkanes) is 6. The van der Waals surface area contributed by atoms with Crippen molar-refractivity contribution < 1.29 is 24.7 Å². The van der Waals surface area contributed by atoms with Crippen molar-refractivity contribution in [3.63, 3.8) is 0 Å². The zero-order chi connectivity index (χ0) is 29.2. The normalized spacial score (nSPS) is 16.9. The molecule has 7 nitrogen and oxygen atoms in total. The first-order valence-electron chi connectivity index (χ1n) is 15.9. The van der Waals surface area contributed by atoms with Gasteiger partial charge in [-0.1, -0.05) is 82.2 Å². The molecule has 8 heteroatoms. The van der Waals surface area contributed by atoms with Crippen molar-refractivity contribution in [2.75, 3.05) is 19.6 Å². The van der Waals surface area contributed by atoms with Crippen LogP contribution in [0.25, 0.3) is 0 Å². The van der Waals surface area contributed by atoms with Crippen LogP contribution in [0.5, 0.6) is 0 Å². The Morgan fingerprint density at radius 3 is 2.20 bits per heavy atom. The highest BCUT2D eigenvalue weighted by atomic mass is 16.4. The lowest BCUT2D eigenvalue weighted by atomic mass is 9.70. The van der Waals surface area contributed by atoms with Gasteiger partial charge >= 0.3 is 13.1 Å². The van der Waals surface area contributed by atoms with Crippen LogP contribution in [0.4, 0.5) is 0 Å². The van der Waals surface area contributed by atoms with Crippen LogP contribution in [0.3, 0.4) is 0 Å². The number of carbonyl (C=O) groups is 2. The highest BCUT2D eigenvalue weighted by Crippen LogP contribution is 2.39. The number of aliphatic carboxylic acids is 1. The molecule has 1 aliphatic rings. The molecule has 0 saturated carbocycles. The molecule has 0 bridgehead atoms. The summed E-state index contributed by atoms with van der Waals surface area (Å²) < 4.78 is 0. The fourth-order valence-electron chi connectivity index (χ4n) is 6.33. The molecule has 226 valence electrons. The standard InChI is InChI=1S/C32H55BN2O5/c1-2-3-4-5-6-7-11-18-29(36)26-32(25-27-14-9-8-10-15-27)19-23-35(24-20-32)22-13-17-28(30(34)31(37)38)16-12-21-33(39)40/h8-10,14-15,28,30,39-40H,2-7,11-13,16-26,34H2,1H3,(H,37,38). The lowest BCUT2D eigenvalue weighted by Crippen LogP contribution is -2.43. The number of rotatable bonds is 22. The third-order valence-corrected chi connectivity index (χ3v) is 8.85. The van der Waals surface area contributed by atoms with Crippen LogP contribution in [-0.4, -0.2) is 64.6 Å². The van der Waals surface area contributed by atoms with E-state index in [9.17, 15) is 14.7 Å². The molecule has 1 aromatic rings. The molecule has 0 aromatic heterocycles. The second-order valence-corrected chi connectivity index (χ2v) is 12.3. The maximum absolute atomic E-state index is 13.1. The first-order chi connectivity index (χ1) is 19.2. The van der Waals surface area contributed by atoms with Crippen molar-refractivity contribution >= 4 is 18.9 Å². The van der Waals surface area contributed by atoms with Crippen molar-refractivity contribution in [2.45, 2.75) is 122 Å². The number of Topliss-reactive ketones (excluding diaryl/α,β-unsaturated/α-hetero) is 1. The van der Waals surface area contributed by atoms with Crippen LogP contribution in [0, 0.1) is 11.3 Å². The summed E-state index contributed by atoms with van der Waals surface area (Å²) in [6, 6.07) is 9.63. The van der Waals surface area contributed by atoms with E-state index in [4.69, 9.17) is 15.8 Å². The number of ketones is 1. The minimum absolute atomic E-state index is 0.00931. The Morgan fingerprint density at radius 2 is 1.57 bits per heavy atom. The number of likely N-dealkylation sites (tertiary alicyclic amines) is 1. The smallest absolute Gasteiger partial charge is 0.451 e. The van der Waals surface area contributed by atoms with Crippen LogP contribution in [-0.2, 0) is 16.0 Å². The molecule has 0 amide bonds. The number of hydrogen-bond donors (Lipinski definition) is 4. The molecule has 40 heavy (non-hydrogen) atoms. The largest absolute Gasteiger partial charge is 0.480 e. The molecule has 0 aliphatic carbocycles. The Bertz CT molecular complexity index is 830. The number of hydrogen-bond acceptors (Lipinski definition) is 6. The van der Waals surface area contributed by atoms with Gasteiger partial charge in [0.1, 0.15) is 11.8 Å². The van der Waals surface area contributed by atoms with E-state index in [1.165, 1.54) is 37.7 Å².